The average molecular weight is 663 g/mol. The fraction of sp³-hybridized carbons (Fsp3) is 0.617. The second kappa shape index (κ2) is 25.1. The highest BCUT2D eigenvalue weighted by Gasteiger charge is 2.35. The van der Waals surface area contributed by atoms with Crippen LogP contribution in [-0.4, -0.2) is 4.70 Å². The summed E-state index contributed by atoms with van der Waals surface area (Å²) in [6, 6.07) is 17.8. The van der Waals surface area contributed by atoms with Gasteiger partial charge in [-0.3, -0.25) is 0 Å². The zero-order valence-corrected chi connectivity index (χ0v) is 32.2. The molecular formula is C47H70N2. The topological polar surface area (TPSA) is 25.3 Å². The van der Waals surface area contributed by atoms with Gasteiger partial charge in [-0.05, 0) is 80.3 Å². The number of hydrogen-bond donors (Lipinski definition) is 0. The minimum atomic E-state index is 0.872. The third kappa shape index (κ3) is 14.5. The molecule has 0 spiro atoms. The third-order valence-electron chi connectivity index (χ3n) is 10.2. The number of benzene rings is 2. The minimum absolute atomic E-state index is 0.872. The summed E-state index contributed by atoms with van der Waals surface area (Å²) in [4.78, 5) is 0. The van der Waals surface area contributed by atoms with Crippen molar-refractivity contribution < 1.29 is 4.70 Å². The van der Waals surface area contributed by atoms with Crippen LogP contribution >= 0.6 is 0 Å². The monoisotopic (exact) mass is 663 g/mol. The third-order valence-corrected chi connectivity index (χ3v) is 10.2. The molecule has 0 unspecified atom stereocenters. The molecule has 0 saturated carbocycles. The number of allylic oxidation sites excluding steroid dienone is 2. The number of nitrogens with zero attached hydrogens (tertiary/aromatic N) is 2. The van der Waals surface area contributed by atoms with Gasteiger partial charge in [-0.2, -0.15) is 0 Å². The summed E-state index contributed by atoms with van der Waals surface area (Å²) >= 11 is 0. The van der Waals surface area contributed by atoms with Crippen molar-refractivity contribution in [3.05, 3.63) is 87.5 Å². The van der Waals surface area contributed by atoms with Crippen molar-refractivity contribution in [2.45, 2.75) is 188 Å². The SMILES string of the molecule is CCCCCCCCCCCCC#CC1=C(c2cccc(CCCC)c2)[N+](=[N-])C(c2cccc(CCCCCCCC)c2)=C1CCCCC. The zero-order valence-electron chi connectivity index (χ0n) is 32.2. The lowest BCUT2D eigenvalue weighted by Crippen LogP contribution is -2.03. The lowest BCUT2D eigenvalue weighted by Gasteiger charge is -2.11. The maximum absolute atomic E-state index is 12.1. The number of rotatable bonds is 26. The predicted octanol–water partition coefficient (Wildman–Crippen LogP) is 15.0. The van der Waals surface area contributed by atoms with Crippen LogP contribution in [0, 0.1) is 11.8 Å². The predicted molar refractivity (Wildman–Crippen MR) is 214 cm³/mol. The lowest BCUT2D eigenvalue weighted by molar-refractivity contribution is -0.345. The van der Waals surface area contributed by atoms with E-state index in [1.807, 2.05) is 0 Å². The molecule has 49 heavy (non-hydrogen) atoms. The Bertz CT molecular complexity index is 1360. The highest BCUT2D eigenvalue weighted by atomic mass is 15.2. The molecule has 1 aliphatic heterocycles. The van der Waals surface area contributed by atoms with Crippen molar-refractivity contribution in [3.63, 3.8) is 0 Å². The summed E-state index contributed by atoms with van der Waals surface area (Å²) in [5, 5.41) is 0. The summed E-state index contributed by atoms with van der Waals surface area (Å²) in [6.45, 7) is 9.09. The first-order valence-corrected chi connectivity index (χ1v) is 20.8. The molecule has 0 aromatic heterocycles. The van der Waals surface area contributed by atoms with Crippen molar-refractivity contribution >= 4 is 11.4 Å². The minimum Gasteiger partial charge on any atom is -0.493 e. The standard InChI is InChI=1S/C47H70N2/c1-5-9-13-15-17-18-19-20-21-22-24-27-37-45-44(36-25-11-7-3)46(43-35-29-33-41(39-43)31-26-23-16-14-10-6-2)49(48)47(45)42-34-28-32-40(38-42)30-12-8-4/h28-29,32-35,38-39H,5-26,30-31,36H2,1-4H3. The van der Waals surface area contributed by atoms with Gasteiger partial charge in [-0.15, -0.1) is 0 Å². The fourth-order valence-corrected chi connectivity index (χ4v) is 7.19. The molecule has 0 aliphatic carbocycles. The van der Waals surface area contributed by atoms with Crippen LogP contribution in [0.25, 0.3) is 16.9 Å². The Morgan fingerprint density at radius 2 is 0.939 bits per heavy atom. The number of hydrogen-bond acceptors (Lipinski definition) is 0. The molecule has 268 valence electrons. The molecule has 2 aromatic carbocycles. The van der Waals surface area contributed by atoms with Crippen LogP contribution in [0.3, 0.4) is 0 Å². The molecule has 0 fully saturated rings. The van der Waals surface area contributed by atoms with Gasteiger partial charge in [0.15, 0.2) is 0 Å². The van der Waals surface area contributed by atoms with Crippen molar-refractivity contribution in [1.82, 2.24) is 0 Å². The molecule has 0 N–H and O–H groups in total. The molecule has 2 nitrogen and oxygen atoms in total. The molecule has 1 aliphatic rings. The second-order valence-electron chi connectivity index (χ2n) is 14.6. The van der Waals surface area contributed by atoms with E-state index >= 15 is 0 Å². The highest BCUT2D eigenvalue weighted by Crippen LogP contribution is 2.42. The highest BCUT2D eigenvalue weighted by molar-refractivity contribution is 5.85. The Balaban J connectivity index is 1.86. The summed E-state index contributed by atoms with van der Waals surface area (Å²) in [5.41, 5.74) is 21.1. The second-order valence-corrected chi connectivity index (χ2v) is 14.6. The molecule has 1 heterocycles. The van der Waals surface area contributed by atoms with Crippen LogP contribution < -0.4 is 0 Å². The first-order valence-electron chi connectivity index (χ1n) is 20.8. The van der Waals surface area contributed by atoms with E-state index in [1.54, 1.807) is 0 Å². The Morgan fingerprint density at radius 3 is 1.51 bits per heavy atom. The average Bonchev–Trinajstić information content (AvgIpc) is 3.39. The van der Waals surface area contributed by atoms with E-state index in [0.717, 1.165) is 66.6 Å². The summed E-state index contributed by atoms with van der Waals surface area (Å²) < 4.78 is 1.51. The summed E-state index contributed by atoms with van der Waals surface area (Å²) in [7, 11) is 0. The quantitative estimate of drug-likeness (QED) is 0.0544. The van der Waals surface area contributed by atoms with E-state index in [0.29, 0.717) is 0 Å². The summed E-state index contributed by atoms with van der Waals surface area (Å²) in [6.07, 6.45) is 31.0. The molecule has 0 atom stereocenters. The van der Waals surface area contributed by atoms with Gasteiger partial charge >= 0.3 is 0 Å². The fourth-order valence-electron chi connectivity index (χ4n) is 7.19. The molecule has 3 rings (SSSR count). The molecule has 0 saturated heterocycles. The van der Waals surface area contributed by atoms with Gasteiger partial charge in [-0.25, -0.2) is 4.70 Å². The molecule has 0 bridgehead atoms. The van der Waals surface area contributed by atoms with E-state index in [2.05, 4.69) is 88.1 Å². The van der Waals surface area contributed by atoms with Gasteiger partial charge in [0.1, 0.15) is 5.57 Å². The van der Waals surface area contributed by atoms with E-state index in [1.165, 1.54) is 143 Å². The molecule has 2 heteroatoms. The number of unbranched alkanes of at least 4 members (excludes halogenated alkanes) is 18. The van der Waals surface area contributed by atoms with Gasteiger partial charge in [-0.1, -0.05) is 173 Å². The lowest BCUT2D eigenvalue weighted by atomic mass is 9.94. The first-order chi connectivity index (χ1) is 24.1. The van der Waals surface area contributed by atoms with Crippen molar-refractivity contribution in [1.29, 1.82) is 0 Å². The van der Waals surface area contributed by atoms with Crippen LogP contribution in [-0.2, 0) is 12.8 Å². The van der Waals surface area contributed by atoms with Crippen LogP contribution in [0.15, 0.2) is 59.7 Å². The van der Waals surface area contributed by atoms with E-state index in [9.17, 15) is 5.53 Å². The maximum atomic E-state index is 12.1. The van der Waals surface area contributed by atoms with Gasteiger partial charge in [0.25, 0.3) is 0 Å². The molecule has 2 aromatic rings. The number of aryl methyl sites for hydroxylation is 2. The molecule has 0 radical (unpaired) electrons. The van der Waals surface area contributed by atoms with Gasteiger partial charge in [0, 0.05) is 23.1 Å². The van der Waals surface area contributed by atoms with Crippen LogP contribution in [0.2, 0.25) is 0 Å². The van der Waals surface area contributed by atoms with Gasteiger partial charge in [0.05, 0.1) is 0 Å². The maximum Gasteiger partial charge on any atom is 0.223 e. The summed E-state index contributed by atoms with van der Waals surface area (Å²) in [5.74, 6) is 7.27. The largest absolute Gasteiger partial charge is 0.493 e. The van der Waals surface area contributed by atoms with Crippen LogP contribution in [0.5, 0.6) is 0 Å². The van der Waals surface area contributed by atoms with Gasteiger partial charge < -0.3 is 5.53 Å². The Labute approximate surface area is 302 Å². The van der Waals surface area contributed by atoms with Gasteiger partial charge in [0.2, 0.25) is 11.4 Å². The van der Waals surface area contributed by atoms with Crippen molar-refractivity contribution in [2.24, 2.45) is 0 Å². The van der Waals surface area contributed by atoms with E-state index < -0.39 is 0 Å². The first kappa shape index (κ1) is 40.5. The molecular weight excluding hydrogens is 593 g/mol. The van der Waals surface area contributed by atoms with E-state index in [4.69, 9.17) is 0 Å². The Kier molecular flexibility index (Phi) is 20.7. The van der Waals surface area contributed by atoms with Crippen LogP contribution in [0.4, 0.5) is 0 Å². The smallest absolute Gasteiger partial charge is 0.223 e. The Morgan fingerprint density at radius 1 is 0.490 bits per heavy atom. The van der Waals surface area contributed by atoms with E-state index in [-0.39, 0.29) is 0 Å². The normalized spacial score (nSPS) is 13.0. The van der Waals surface area contributed by atoms with Crippen molar-refractivity contribution in [3.8, 4) is 11.8 Å². The van der Waals surface area contributed by atoms with Crippen molar-refractivity contribution in [2.75, 3.05) is 0 Å². The van der Waals surface area contributed by atoms with Crippen LogP contribution in [0.1, 0.15) is 198 Å². The Hall–Kier alpha value is -2.92. The zero-order chi connectivity index (χ0) is 34.9. The molecule has 0 amide bonds.